The van der Waals surface area contributed by atoms with Crippen LogP contribution < -0.4 is 4.80 Å². The standard InChI is InChI=1S/C22H23N7S/c1-14-4-6-16(11-25-14)18-10-17-8-15(5-7-19(17)26-12-18)9-20(23)29-22(24)30-21(27-29)13-28(2)3/h4-8,10-12,23-24H,9,13H2,1-3H3. The molecule has 0 aliphatic carbocycles. The number of fused-ring (bicyclic) bond motifs is 1. The second kappa shape index (κ2) is 8.25. The van der Waals surface area contributed by atoms with Gasteiger partial charge in [0.25, 0.3) is 0 Å². The highest BCUT2D eigenvalue weighted by Gasteiger charge is 2.11. The van der Waals surface area contributed by atoms with Crippen molar-refractivity contribution in [2.45, 2.75) is 19.9 Å². The van der Waals surface area contributed by atoms with E-state index in [1.807, 2.05) is 62.6 Å². The van der Waals surface area contributed by atoms with Crippen molar-refractivity contribution in [3.05, 3.63) is 69.9 Å². The van der Waals surface area contributed by atoms with E-state index in [2.05, 4.69) is 27.2 Å². The average molecular weight is 418 g/mol. The van der Waals surface area contributed by atoms with Crippen molar-refractivity contribution in [2.24, 2.45) is 0 Å². The molecule has 0 unspecified atom stereocenters. The summed E-state index contributed by atoms with van der Waals surface area (Å²) in [6.07, 6.45) is 4.12. The summed E-state index contributed by atoms with van der Waals surface area (Å²) in [6, 6.07) is 12.1. The number of nitrogens with one attached hydrogen (secondary N) is 2. The lowest BCUT2D eigenvalue weighted by molar-refractivity contribution is 0.399. The monoisotopic (exact) mass is 417 g/mol. The number of aryl methyl sites for hydroxylation is 1. The summed E-state index contributed by atoms with van der Waals surface area (Å²) < 4.78 is 1.42. The van der Waals surface area contributed by atoms with Crippen LogP contribution >= 0.6 is 11.3 Å². The maximum atomic E-state index is 8.46. The molecule has 4 aromatic rings. The van der Waals surface area contributed by atoms with Gasteiger partial charge in [-0.2, -0.15) is 9.78 Å². The number of pyridine rings is 2. The molecule has 0 aliphatic rings. The molecule has 0 atom stereocenters. The van der Waals surface area contributed by atoms with Crippen LogP contribution in [0.4, 0.5) is 0 Å². The van der Waals surface area contributed by atoms with E-state index in [-0.39, 0.29) is 10.6 Å². The molecule has 0 saturated carbocycles. The van der Waals surface area contributed by atoms with E-state index < -0.39 is 0 Å². The number of nitrogens with zero attached hydrogens (tertiary/aromatic N) is 5. The summed E-state index contributed by atoms with van der Waals surface area (Å²) in [7, 11) is 3.93. The lowest BCUT2D eigenvalue weighted by atomic mass is 10.0. The molecule has 7 nitrogen and oxygen atoms in total. The van der Waals surface area contributed by atoms with E-state index >= 15 is 0 Å². The van der Waals surface area contributed by atoms with Crippen molar-refractivity contribution < 1.29 is 0 Å². The van der Waals surface area contributed by atoms with E-state index in [0.717, 1.165) is 38.3 Å². The van der Waals surface area contributed by atoms with Crippen molar-refractivity contribution in [1.82, 2.24) is 24.6 Å². The molecule has 0 amide bonds. The van der Waals surface area contributed by atoms with E-state index in [1.165, 1.54) is 16.0 Å². The Morgan fingerprint density at radius 3 is 2.60 bits per heavy atom. The van der Waals surface area contributed by atoms with Gasteiger partial charge in [0.2, 0.25) is 4.80 Å². The third-order valence-corrected chi connectivity index (χ3v) is 5.50. The van der Waals surface area contributed by atoms with Gasteiger partial charge in [0.1, 0.15) is 10.8 Å². The summed E-state index contributed by atoms with van der Waals surface area (Å²) in [5, 5.41) is 22.9. The minimum atomic E-state index is 0.272. The normalized spacial score (nSPS) is 11.3. The van der Waals surface area contributed by atoms with Crippen LogP contribution in [0.5, 0.6) is 0 Å². The number of hydrogen-bond acceptors (Lipinski definition) is 7. The van der Waals surface area contributed by atoms with Crippen LogP contribution in [0.2, 0.25) is 0 Å². The zero-order chi connectivity index (χ0) is 21.3. The number of rotatable bonds is 5. The summed E-state index contributed by atoms with van der Waals surface area (Å²) in [6.45, 7) is 2.63. The van der Waals surface area contributed by atoms with Crippen LogP contribution in [-0.2, 0) is 13.0 Å². The Balaban J connectivity index is 1.60. The van der Waals surface area contributed by atoms with Gasteiger partial charge >= 0.3 is 0 Å². The maximum Gasteiger partial charge on any atom is 0.206 e. The van der Waals surface area contributed by atoms with Gasteiger partial charge in [0, 0.05) is 41.0 Å². The van der Waals surface area contributed by atoms with Crippen molar-refractivity contribution in [3.8, 4) is 11.1 Å². The van der Waals surface area contributed by atoms with Crippen LogP contribution in [0.1, 0.15) is 16.3 Å². The largest absolute Gasteiger partial charge is 0.303 e. The van der Waals surface area contributed by atoms with Gasteiger partial charge in [-0.05, 0) is 50.8 Å². The van der Waals surface area contributed by atoms with Crippen molar-refractivity contribution in [2.75, 3.05) is 14.1 Å². The predicted molar refractivity (Wildman–Crippen MR) is 120 cm³/mol. The van der Waals surface area contributed by atoms with Gasteiger partial charge in [-0.1, -0.05) is 23.5 Å². The van der Waals surface area contributed by atoms with E-state index in [9.17, 15) is 0 Å². The lowest BCUT2D eigenvalue weighted by Crippen LogP contribution is -2.25. The molecule has 152 valence electrons. The Morgan fingerprint density at radius 2 is 1.87 bits per heavy atom. The fourth-order valence-electron chi connectivity index (χ4n) is 3.21. The molecule has 3 aromatic heterocycles. The van der Waals surface area contributed by atoms with Gasteiger partial charge in [-0.25, -0.2) is 0 Å². The predicted octanol–water partition coefficient (Wildman–Crippen LogP) is 3.47. The minimum absolute atomic E-state index is 0.272. The zero-order valence-corrected chi connectivity index (χ0v) is 18.0. The van der Waals surface area contributed by atoms with Crippen LogP contribution in [0, 0.1) is 17.7 Å². The lowest BCUT2D eigenvalue weighted by Gasteiger charge is -2.08. The van der Waals surface area contributed by atoms with Gasteiger partial charge in [0.05, 0.1) is 12.1 Å². The Morgan fingerprint density at radius 1 is 1.07 bits per heavy atom. The number of hydrogen-bond donors (Lipinski definition) is 2. The number of benzene rings is 1. The molecular formula is C22H23N7S. The zero-order valence-electron chi connectivity index (χ0n) is 17.2. The number of aromatic nitrogens is 4. The smallest absolute Gasteiger partial charge is 0.206 e. The van der Waals surface area contributed by atoms with E-state index in [4.69, 9.17) is 10.8 Å². The van der Waals surface area contributed by atoms with E-state index in [0.29, 0.717) is 13.0 Å². The maximum absolute atomic E-state index is 8.46. The molecule has 2 N–H and O–H groups in total. The first-order valence-electron chi connectivity index (χ1n) is 9.57. The highest BCUT2D eigenvalue weighted by molar-refractivity contribution is 7.08. The van der Waals surface area contributed by atoms with Crippen molar-refractivity contribution in [1.29, 1.82) is 10.8 Å². The first-order chi connectivity index (χ1) is 14.4. The Kier molecular flexibility index (Phi) is 5.52. The molecule has 0 aliphatic heterocycles. The van der Waals surface area contributed by atoms with Crippen LogP contribution in [0.15, 0.2) is 48.8 Å². The third-order valence-electron chi connectivity index (χ3n) is 4.69. The van der Waals surface area contributed by atoms with Crippen molar-refractivity contribution >= 4 is 28.1 Å². The second-order valence-corrected chi connectivity index (χ2v) is 8.58. The van der Waals surface area contributed by atoms with Crippen molar-refractivity contribution in [3.63, 3.8) is 0 Å². The highest BCUT2D eigenvalue weighted by atomic mass is 32.1. The Hall–Kier alpha value is -3.23. The molecule has 0 fully saturated rings. The first-order valence-corrected chi connectivity index (χ1v) is 10.4. The molecule has 1 aromatic carbocycles. The van der Waals surface area contributed by atoms with Gasteiger partial charge in [-0.3, -0.25) is 20.8 Å². The topological polar surface area (TPSA) is 94.5 Å². The fourth-order valence-corrected chi connectivity index (χ4v) is 4.11. The quantitative estimate of drug-likeness (QED) is 0.384. The first kappa shape index (κ1) is 20.1. The summed E-state index contributed by atoms with van der Waals surface area (Å²) in [4.78, 5) is 11.2. The molecule has 0 bridgehead atoms. The van der Waals surface area contributed by atoms with Gasteiger partial charge < -0.3 is 4.90 Å². The van der Waals surface area contributed by atoms with Crippen LogP contribution in [-0.4, -0.2) is 44.6 Å². The second-order valence-electron chi connectivity index (χ2n) is 7.51. The third kappa shape index (κ3) is 4.34. The molecule has 4 rings (SSSR count). The molecule has 3 heterocycles. The van der Waals surface area contributed by atoms with E-state index in [1.54, 1.807) is 0 Å². The summed E-state index contributed by atoms with van der Waals surface area (Å²) >= 11 is 1.30. The molecule has 30 heavy (non-hydrogen) atoms. The molecular weight excluding hydrogens is 394 g/mol. The molecule has 0 radical (unpaired) electrons. The molecule has 0 saturated heterocycles. The fraction of sp³-hybridized carbons (Fsp3) is 0.227. The Bertz CT molecular complexity index is 1270. The highest BCUT2D eigenvalue weighted by Crippen LogP contribution is 2.23. The van der Waals surface area contributed by atoms with Crippen LogP contribution in [0.25, 0.3) is 22.0 Å². The Labute approximate surface area is 178 Å². The average Bonchev–Trinajstić information content (AvgIpc) is 3.07. The SMILES string of the molecule is Cc1ccc(-c2cnc3ccc(CC(=N)n4nc(CN(C)C)sc4=N)cc3c2)cn1. The minimum Gasteiger partial charge on any atom is -0.303 e. The molecule has 8 heteroatoms. The summed E-state index contributed by atoms with van der Waals surface area (Å²) in [5.74, 6) is 0.285. The summed E-state index contributed by atoms with van der Waals surface area (Å²) in [5.41, 5.74) is 4.92. The van der Waals surface area contributed by atoms with Gasteiger partial charge in [0.15, 0.2) is 0 Å². The molecule has 0 spiro atoms. The van der Waals surface area contributed by atoms with Gasteiger partial charge in [-0.15, -0.1) is 0 Å². The van der Waals surface area contributed by atoms with Crippen LogP contribution in [0.3, 0.4) is 0 Å².